The second-order valence-corrected chi connectivity index (χ2v) is 11.1. The van der Waals surface area contributed by atoms with Crippen LogP contribution in [0.1, 0.15) is 42.0 Å². The third-order valence-electron chi connectivity index (χ3n) is 8.27. The molecule has 1 fully saturated rings. The molecule has 5 rings (SSSR count). The van der Waals surface area contributed by atoms with Crippen LogP contribution in [0.4, 0.5) is 18.0 Å². The summed E-state index contributed by atoms with van der Waals surface area (Å²) >= 11 is 0. The van der Waals surface area contributed by atoms with E-state index < -0.39 is 35.8 Å². The molecule has 8 nitrogen and oxygen atoms in total. The van der Waals surface area contributed by atoms with Gasteiger partial charge in [-0.2, -0.15) is 13.2 Å². The molecule has 228 valence electrons. The van der Waals surface area contributed by atoms with Crippen LogP contribution in [-0.2, 0) is 22.2 Å². The second-order valence-electron chi connectivity index (χ2n) is 11.1. The van der Waals surface area contributed by atoms with E-state index in [0.717, 1.165) is 37.6 Å². The van der Waals surface area contributed by atoms with Gasteiger partial charge in [0.15, 0.2) is 0 Å². The van der Waals surface area contributed by atoms with Crippen molar-refractivity contribution < 1.29 is 27.6 Å². The van der Waals surface area contributed by atoms with Crippen LogP contribution in [0.3, 0.4) is 0 Å². The Morgan fingerprint density at radius 3 is 2.44 bits per heavy atom. The van der Waals surface area contributed by atoms with E-state index in [1.807, 2.05) is 30.3 Å². The van der Waals surface area contributed by atoms with E-state index in [0.29, 0.717) is 13.1 Å². The Morgan fingerprint density at radius 2 is 1.74 bits per heavy atom. The maximum atomic E-state index is 14.2. The molecule has 11 heteroatoms. The van der Waals surface area contributed by atoms with Gasteiger partial charge < -0.3 is 20.4 Å². The first kappa shape index (κ1) is 30.3. The molecule has 0 aromatic heterocycles. The largest absolute Gasteiger partial charge is 0.416 e. The normalized spacial score (nSPS) is 20.1. The zero-order valence-corrected chi connectivity index (χ0v) is 23.9. The summed E-state index contributed by atoms with van der Waals surface area (Å²) in [5, 5.41) is 5.61. The molecule has 0 spiro atoms. The number of hydrogen-bond acceptors (Lipinski definition) is 4. The summed E-state index contributed by atoms with van der Waals surface area (Å²) in [6, 6.07) is 11.3. The zero-order chi connectivity index (χ0) is 30.6. The number of hydrogen-bond donors (Lipinski definition) is 2. The lowest BCUT2D eigenvalue weighted by Crippen LogP contribution is -2.51. The van der Waals surface area contributed by atoms with Gasteiger partial charge in [0.25, 0.3) is 5.91 Å². The van der Waals surface area contributed by atoms with Crippen molar-refractivity contribution in [1.82, 2.24) is 25.3 Å². The quantitative estimate of drug-likeness (QED) is 0.402. The predicted octanol–water partition coefficient (Wildman–Crippen LogP) is 4.27. The van der Waals surface area contributed by atoms with Crippen LogP contribution in [0.15, 0.2) is 78.5 Å². The smallest absolute Gasteiger partial charge is 0.353 e. The first-order chi connectivity index (χ1) is 20.7. The Hall–Kier alpha value is -4.12. The Kier molecular flexibility index (Phi) is 9.19. The number of amides is 4. The number of nitrogens with zero attached hydrogens (tertiary/aromatic N) is 3. The van der Waals surface area contributed by atoms with E-state index in [-0.39, 0.29) is 42.3 Å². The molecular formula is C32H36F3N5O3. The first-order valence-corrected chi connectivity index (χ1v) is 14.6. The molecule has 0 aliphatic carbocycles. The van der Waals surface area contributed by atoms with Crippen molar-refractivity contribution in [1.29, 1.82) is 0 Å². The number of carbonyl (C=O) groups excluding carboxylic acids is 3. The summed E-state index contributed by atoms with van der Waals surface area (Å²) < 4.78 is 42.1. The molecule has 0 radical (unpaired) electrons. The number of piperidine rings is 1. The lowest BCUT2D eigenvalue weighted by atomic mass is 9.91. The molecule has 0 bridgehead atoms. The summed E-state index contributed by atoms with van der Waals surface area (Å²) in [6.45, 7) is 6.69. The van der Waals surface area contributed by atoms with Crippen LogP contribution in [0.2, 0.25) is 0 Å². The first-order valence-electron chi connectivity index (χ1n) is 14.6. The van der Waals surface area contributed by atoms with Crippen molar-refractivity contribution in [3.8, 4) is 0 Å². The highest BCUT2D eigenvalue weighted by Crippen LogP contribution is 2.42. The lowest BCUT2D eigenvalue weighted by Gasteiger charge is -2.33. The van der Waals surface area contributed by atoms with E-state index in [1.165, 1.54) is 40.5 Å². The zero-order valence-electron chi connectivity index (χ0n) is 23.9. The van der Waals surface area contributed by atoms with Gasteiger partial charge in [0.05, 0.1) is 29.4 Å². The van der Waals surface area contributed by atoms with Crippen LogP contribution >= 0.6 is 0 Å². The fourth-order valence-electron chi connectivity index (χ4n) is 6.15. The second kappa shape index (κ2) is 13.0. The van der Waals surface area contributed by atoms with Crippen LogP contribution in [0.5, 0.6) is 0 Å². The van der Waals surface area contributed by atoms with Gasteiger partial charge in [0.1, 0.15) is 6.04 Å². The highest BCUT2D eigenvalue weighted by molar-refractivity contribution is 6.03. The Bertz CT molecular complexity index is 1390. The van der Waals surface area contributed by atoms with Gasteiger partial charge in [-0.25, -0.2) is 4.79 Å². The van der Waals surface area contributed by atoms with Gasteiger partial charge in [0, 0.05) is 26.1 Å². The summed E-state index contributed by atoms with van der Waals surface area (Å²) in [5.74, 6) is -0.936. The average molecular weight is 596 g/mol. The Labute approximate surface area is 249 Å². The summed E-state index contributed by atoms with van der Waals surface area (Å²) in [5.41, 5.74) is -0.0404. The van der Waals surface area contributed by atoms with Crippen molar-refractivity contribution in [2.45, 2.75) is 43.9 Å². The SMILES string of the molecule is C=CCN1C(=O)N[C@H](c2ccccc2C(F)(F)F)C2=C1CN([C@@H](Cc1ccccc1)C(=O)NCCN1CCCCC1)C2=O. The van der Waals surface area contributed by atoms with Gasteiger partial charge >= 0.3 is 12.2 Å². The van der Waals surface area contributed by atoms with Gasteiger partial charge in [-0.15, -0.1) is 6.58 Å². The summed E-state index contributed by atoms with van der Waals surface area (Å²) in [4.78, 5) is 46.1. The van der Waals surface area contributed by atoms with Gasteiger partial charge in [0.2, 0.25) is 5.91 Å². The van der Waals surface area contributed by atoms with E-state index in [2.05, 4.69) is 22.1 Å². The minimum atomic E-state index is -4.70. The monoisotopic (exact) mass is 595 g/mol. The molecular weight excluding hydrogens is 559 g/mol. The number of nitrogens with one attached hydrogen (secondary N) is 2. The minimum Gasteiger partial charge on any atom is -0.353 e. The molecule has 3 heterocycles. The number of likely N-dealkylation sites (tertiary alicyclic amines) is 1. The molecule has 2 N–H and O–H groups in total. The van der Waals surface area contributed by atoms with Gasteiger partial charge in [-0.3, -0.25) is 14.5 Å². The fraction of sp³-hybridized carbons (Fsp3) is 0.406. The number of carbonyl (C=O) groups is 3. The minimum absolute atomic E-state index is 0.0253. The third kappa shape index (κ3) is 6.61. The maximum absolute atomic E-state index is 14.2. The number of rotatable bonds is 10. The molecule has 0 saturated carbocycles. The van der Waals surface area contributed by atoms with Crippen molar-refractivity contribution in [3.05, 3.63) is 95.2 Å². The standard InChI is InChI=1S/C32H36F3N5O3/c1-2-16-39-26-21-40(30(42)27(26)28(37-31(39)43)23-13-7-8-14-24(23)32(33,34)35)25(20-22-11-5-3-6-12-22)29(41)36-15-19-38-17-9-4-10-18-38/h2-3,5-8,11-14,25,28H,1,4,9-10,15-21H2,(H,36,41)(H,37,43)/t25-,28+/m0/s1. The molecule has 2 aromatic carbocycles. The molecule has 2 atom stereocenters. The Balaban J connectivity index is 1.47. The number of halogens is 3. The Morgan fingerprint density at radius 1 is 1.05 bits per heavy atom. The number of alkyl halides is 3. The van der Waals surface area contributed by atoms with Crippen molar-refractivity contribution >= 4 is 17.8 Å². The van der Waals surface area contributed by atoms with Crippen molar-refractivity contribution in [3.63, 3.8) is 0 Å². The molecule has 1 saturated heterocycles. The van der Waals surface area contributed by atoms with Crippen molar-refractivity contribution in [2.24, 2.45) is 0 Å². The summed E-state index contributed by atoms with van der Waals surface area (Å²) in [6.07, 6.45) is 0.426. The third-order valence-corrected chi connectivity index (χ3v) is 8.27. The maximum Gasteiger partial charge on any atom is 0.416 e. The molecule has 43 heavy (non-hydrogen) atoms. The highest BCUT2D eigenvalue weighted by atomic mass is 19.4. The predicted molar refractivity (Wildman–Crippen MR) is 156 cm³/mol. The van der Waals surface area contributed by atoms with Crippen LogP contribution in [0.25, 0.3) is 0 Å². The lowest BCUT2D eigenvalue weighted by molar-refractivity contribution is -0.138. The van der Waals surface area contributed by atoms with Gasteiger partial charge in [-0.1, -0.05) is 61.0 Å². The van der Waals surface area contributed by atoms with Crippen LogP contribution in [-0.4, -0.2) is 77.9 Å². The molecule has 2 aromatic rings. The summed E-state index contributed by atoms with van der Waals surface area (Å²) in [7, 11) is 0. The van der Waals surface area contributed by atoms with E-state index >= 15 is 0 Å². The molecule has 0 unspecified atom stereocenters. The molecule has 4 amide bonds. The number of benzene rings is 2. The van der Waals surface area contributed by atoms with Crippen LogP contribution < -0.4 is 10.6 Å². The molecule has 3 aliphatic rings. The van der Waals surface area contributed by atoms with Gasteiger partial charge in [-0.05, 0) is 43.1 Å². The van der Waals surface area contributed by atoms with Crippen molar-refractivity contribution in [2.75, 3.05) is 39.3 Å². The van der Waals surface area contributed by atoms with E-state index in [1.54, 1.807) is 0 Å². The van der Waals surface area contributed by atoms with E-state index in [4.69, 9.17) is 0 Å². The fourth-order valence-corrected chi connectivity index (χ4v) is 6.15. The van der Waals surface area contributed by atoms with E-state index in [9.17, 15) is 27.6 Å². The molecule has 3 aliphatic heterocycles. The number of urea groups is 1. The average Bonchev–Trinajstić information content (AvgIpc) is 3.34. The topological polar surface area (TPSA) is 85.0 Å². The highest BCUT2D eigenvalue weighted by Gasteiger charge is 2.48. The van der Waals surface area contributed by atoms with Crippen LogP contribution in [0, 0.1) is 0 Å².